The Bertz CT molecular complexity index is 737. The summed E-state index contributed by atoms with van der Waals surface area (Å²) in [6, 6.07) is 19.7. The van der Waals surface area contributed by atoms with E-state index in [9.17, 15) is 0 Å². The van der Waals surface area contributed by atoms with E-state index >= 15 is 0 Å². The van der Waals surface area contributed by atoms with Crippen molar-refractivity contribution in [3.8, 4) is 12.1 Å². The Morgan fingerprint density at radius 1 is 0.875 bits per heavy atom. The minimum atomic E-state index is 0.719. The van der Waals surface area contributed by atoms with Crippen LogP contribution in [0.2, 0.25) is 0 Å². The molecule has 0 radical (unpaired) electrons. The second-order valence-corrected chi connectivity index (χ2v) is 6.30. The van der Waals surface area contributed by atoms with E-state index in [0.717, 1.165) is 28.6 Å². The second-order valence-electron chi connectivity index (χ2n) is 5.74. The Morgan fingerprint density at radius 2 is 1.42 bits per heavy atom. The highest BCUT2D eigenvalue weighted by Gasteiger charge is 2.11. The van der Waals surface area contributed by atoms with Crippen LogP contribution in [0.25, 0.3) is 0 Å². The molecule has 3 nitrogen and oxygen atoms in total. The number of hydrogen-bond donors (Lipinski definition) is 0. The predicted molar refractivity (Wildman–Crippen MR) is 99.5 cm³/mol. The first-order valence-electron chi connectivity index (χ1n) is 8.01. The molecule has 1 fully saturated rings. The van der Waals surface area contributed by atoms with Crippen molar-refractivity contribution in [2.75, 3.05) is 13.1 Å². The van der Waals surface area contributed by atoms with Gasteiger partial charge in [-0.3, -0.25) is 4.90 Å². The van der Waals surface area contributed by atoms with E-state index in [4.69, 9.17) is 10.5 Å². The van der Waals surface area contributed by atoms with E-state index in [0.29, 0.717) is 0 Å². The van der Waals surface area contributed by atoms with Crippen LogP contribution in [0.1, 0.15) is 35.1 Å². The van der Waals surface area contributed by atoms with Gasteiger partial charge in [-0.25, -0.2) is 0 Å². The Morgan fingerprint density at radius 3 is 1.96 bits per heavy atom. The first-order valence-corrected chi connectivity index (χ1v) is 9.13. The molecule has 0 atom stereocenters. The van der Waals surface area contributed by atoms with Gasteiger partial charge in [0, 0.05) is 11.9 Å². The van der Waals surface area contributed by atoms with Crippen LogP contribution in [-0.2, 0) is 11.9 Å². The maximum Gasteiger partial charge on any atom is 0.0991 e. The van der Waals surface area contributed by atoms with Crippen LogP contribution in [0.4, 0.5) is 0 Å². The quantitative estimate of drug-likeness (QED) is 0.729. The van der Waals surface area contributed by atoms with E-state index in [1.54, 1.807) is 6.07 Å². The van der Waals surface area contributed by atoms with Gasteiger partial charge in [-0.15, -0.1) is 0 Å². The number of hydrogen-bond acceptors (Lipinski definition) is 3. The molecule has 1 saturated heterocycles. The fourth-order valence-corrected chi connectivity index (χ4v) is 3.01. The van der Waals surface area contributed by atoms with Crippen molar-refractivity contribution in [3.63, 3.8) is 0 Å². The first kappa shape index (κ1) is 18.2. The lowest BCUT2D eigenvalue weighted by atomic mass is 10.1. The number of nitrogens with zero attached hydrogens (tertiary/aromatic N) is 3. The lowest BCUT2D eigenvalue weighted by Crippen LogP contribution is -2.18. The normalized spacial score (nSPS) is 13.5. The molecular formula is C20H20BrN3. The highest BCUT2D eigenvalue weighted by Crippen LogP contribution is 2.13. The Hall–Kier alpha value is -2.14. The minimum Gasteiger partial charge on any atom is -0.299 e. The molecule has 1 aliphatic heterocycles. The topological polar surface area (TPSA) is 50.8 Å². The van der Waals surface area contributed by atoms with Gasteiger partial charge < -0.3 is 0 Å². The van der Waals surface area contributed by atoms with Crippen LogP contribution in [-0.4, -0.2) is 18.0 Å². The van der Waals surface area contributed by atoms with Gasteiger partial charge >= 0.3 is 0 Å². The van der Waals surface area contributed by atoms with Crippen LogP contribution in [0.3, 0.4) is 0 Å². The number of benzene rings is 2. The molecule has 2 aromatic carbocycles. The fraction of sp³-hybridized carbons (Fsp3) is 0.300. The van der Waals surface area contributed by atoms with Crippen molar-refractivity contribution in [2.24, 2.45) is 0 Å². The van der Waals surface area contributed by atoms with Crippen molar-refractivity contribution >= 4 is 15.9 Å². The van der Waals surface area contributed by atoms with Crippen LogP contribution in [0.5, 0.6) is 0 Å². The minimum absolute atomic E-state index is 0.719. The highest BCUT2D eigenvalue weighted by atomic mass is 79.9. The Balaban J connectivity index is 0.000000185. The van der Waals surface area contributed by atoms with Crippen molar-refractivity contribution in [3.05, 3.63) is 70.8 Å². The molecule has 1 heterocycles. The van der Waals surface area contributed by atoms with E-state index in [-0.39, 0.29) is 0 Å². The Labute approximate surface area is 152 Å². The molecule has 0 unspecified atom stereocenters. The zero-order chi connectivity index (χ0) is 17.2. The van der Waals surface area contributed by atoms with Gasteiger partial charge in [-0.2, -0.15) is 10.5 Å². The van der Waals surface area contributed by atoms with Gasteiger partial charge in [-0.1, -0.05) is 40.2 Å². The molecule has 122 valence electrons. The van der Waals surface area contributed by atoms with Crippen LogP contribution in [0.15, 0.2) is 48.5 Å². The van der Waals surface area contributed by atoms with Gasteiger partial charge in [0.05, 0.1) is 23.3 Å². The zero-order valence-electron chi connectivity index (χ0n) is 13.6. The molecule has 0 amide bonds. The number of halogens is 1. The van der Waals surface area contributed by atoms with Crippen molar-refractivity contribution in [1.82, 2.24) is 4.90 Å². The summed E-state index contributed by atoms with van der Waals surface area (Å²) >= 11 is 3.31. The first-order chi connectivity index (χ1) is 11.7. The van der Waals surface area contributed by atoms with Gasteiger partial charge in [0.25, 0.3) is 0 Å². The highest BCUT2D eigenvalue weighted by molar-refractivity contribution is 9.08. The average Bonchev–Trinajstić information content (AvgIpc) is 3.15. The van der Waals surface area contributed by atoms with Crippen molar-refractivity contribution in [1.29, 1.82) is 10.5 Å². The van der Waals surface area contributed by atoms with E-state index in [1.165, 1.54) is 31.5 Å². The predicted octanol–water partition coefficient (Wildman–Crippen LogP) is 4.61. The smallest absolute Gasteiger partial charge is 0.0991 e. The van der Waals surface area contributed by atoms with Gasteiger partial charge in [-0.05, 0) is 61.3 Å². The zero-order valence-corrected chi connectivity index (χ0v) is 15.2. The molecule has 0 bridgehead atoms. The van der Waals surface area contributed by atoms with Crippen LogP contribution in [0, 0.1) is 22.7 Å². The van der Waals surface area contributed by atoms with Crippen LogP contribution >= 0.6 is 15.9 Å². The third-order valence-corrected chi connectivity index (χ3v) is 4.52. The average molecular weight is 382 g/mol. The molecular weight excluding hydrogens is 362 g/mol. The van der Waals surface area contributed by atoms with Gasteiger partial charge in [0.1, 0.15) is 0 Å². The summed E-state index contributed by atoms with van der Waals surface area (Å²) in [5.41, 5.74) is 3.88. The molecule has 0 aliphatic carbocycles. The molecule has 2 aromatic rings. The largest absolute Gasteiger partial charge is 0.299 e. The number of likely N-dealkylation sites (tertiary alicyclic amines) is 1. The summed E-state index contributed by atoms with van der Waals surface area (Å²) in [6.07, 6.45) is 2.63. The molecule has 0 aromatic heterocycles. The van der Waals surface area contributed by atoms with Gasteiger partial charge in [0.2, 0.25) is 0 Å². The van der Waals surface area contributed by atoms with Crippen molar-refractivity contribution in [2.45, 2.75) is 24.7 Å². The fourth-order valence-electron chi connectivity index (χ4n) is 2.66. The molecule has 4 heteroatoms. The number of rotatable bonds is 3. The van der Waals surface area contributed by atoms with Gasteiger partial charge in [0.15, 0.2) is 0 Å². The standard InChI is InChI=1S/C12H14N2.C8H6BrN/c13-9-11-4-3-5-12(8-11)10-14-6-1-2-7-14;9-5-7-2-1-3-8(4-7)6-10/h3-5,8H,1-2,6-7,10H2;1-4H,5H2. The lowest BCUT2D eigenvalue weighted by Gasteiger charge is -2.14. The summed E-state index contributed by atoms with van der Waals surface area (Å²) in [5, 5.41) is 18.1. The summed E-state index contributed by atoms with van der Waals surface area (Å²) in [7, 11) is 0. The molecule has 0 spiro atoms. The molecule has 24 heavy (non-hydrogen) atoms. The SMILES string of the molecule is N#Cc1cccc(CBr)c1.N#Cc1cccc(CN2CCCC2)c1. The monoisotopic (exact) mass is 381 g/mol. The molecule has 0 saturated carbocycles. The lowest BCUT2D eigenvalue weighted by molar-refractivity contribution is 0.331. The van der Waals surface area contributed by atoms with Crippen LogP contribution < -0.4 is 0 Å². The van der Waals surface area contributed by atoms with E-state index in [1.807, 2.05) is 36.4 Å². The number of nitriles is 2. The summed E-state index contributed by atoms with van der Waals surface area (Å²) in [6.45, 7) is 3.41. The number of alkyl halides is 1. The summed E-state index contributed by atoms with van der Waals surface area (Å²) in [5.74, 6) is 0. The molecule has 0 N–H and O–H groups in total. The maximum atomic E-state index is 8.76. The third-order valence-electron chi connectivity index (χ3n) is 3.87. The summed E-state index contributed by atoms with van der Waals surface area (Å²) < 4.78 is 0. The maximum absolute atomic E-state index is 8.76. The molecule has 1 aliphatic rings. The molecule has 3 rings (SSSR count). The Kier molecular flexibility index (Phi) is 7.49. The second kappa shape index (κ2) is 9.88. The third kappa shape index (κ3) is 5.81. The van der Waals surface area contributed by atoms with E-state index < -0.39 is 0 Å². The summed E-state index contributed by atoms with van der Waals surface area (Å²) in [4.78, 5) is 2.44. The van der Waals surface area contributed by atoms with E-state index in [2.05, 4.69) is 39.0 Å². The van der Waals surface area contributed by atoms with Crippen molar-refractivity contribution < 1.29 is 0 Å².